The normalized spacial score (nSPS) is 14.6. The number of hydrogen-bond donors (Lipinski definition) is 1. The number of nitrogens with zero attached hydrogens (tertiary/aromatic N) is 2. The van der Waals surface area contributed by atoms with Crippen LogP contribution in [0, 0.1) is 17.2 Å². The summed E-state index contributed by atoms with van der Waals surface area (Å²) >= 11 is 0. The number of ether oxygens (including phenoxy) is 2. The van der Waals surface area contributed by atoms with Crippen LogP contribution in [0.4, 0.5) is 0 Å². The highest BCUT2D eigenvalue weighted by Gasteiger charge is 2.13. The zero-order chi connectivity index (χ0) is 13.1. The highest BCUT2D eigenvalue weighted by Crippen LogP contribution is 2.00. The average Bonchev–Trinajstić information content (AvgIpc) is 2.33. The zero-order valence-electron chi connectivity index (χ0n) is 11.1. The maximum Gasteiger partial charge on any atom is 0.0900 e. The largest absolute Gasteiger partial charge is 0.389 e. The van der Waals surface area contributed by atoms with Gasteiger partial charge in [-0.05, 0) is 13.5 Å². The summed E-state index contributed by atoms with van der Waals surface area (Å²) in [6, 6.07) is 2.19. The first-order chi connectivity index (χ1) is 8.13. The van der Waals surface area contributed by atoms with Crippen molar-refractivity contribution in [1.82, 2.24) is 4.90 Å². The van der Waals surface area contributed by atoms with Crippen LogP contribution in [-0.4, -0.2) is 62.7 Å². The van der Waals surface area contributed by atoms with Crippen LogP contribution >= 0.6 is 0 Å². The van der Waals surface area contributed by atoms with E-state index in [1.807, 2.05) is 13.8 Å². The van der Waals surface area contributed by atoms with Crippen LogP contribution in [0.5, 0.6) is 0 Å². The van der Waals surface area contributed by atoms with Gasteiger partial charge in [0, 0.05) is 20.2 Å². The van der Waals surface area contributed by atoms with E-state index in [-0.39, 0.29) is 5.92 Å². The summed E-state index contributed by atoms with van der Waals surface area (Å²) in [4.78, 5) is 2.05. The number of rotatable bonds is 10. The van der Waals surface area contributed by atoms with Crippen LogP contribution in [0.2, 0.25) is 0 Å². The molecule has 0 bridgehead atoms. The van der Waals surface area contributed by atoms with Gasteiger partial charge in [-0.25, -0.2) is 0 Å². The second kappa shape index (κ2) is 10.5. The van der Waals surface area contributed by atoms with Gasteiger partial charge in [-0.15, -0.1) is 0 Å². The van der Waals surface area contributed by atoms with Gasteiger partial charge in [-0.1, -0.05) is 6.92 Å². The molecule has 0 amide bonds. The van der Waals surface area contributed by atoms with Crippen molar-refractivity contribution in [3.05, 3.63) is 0 Å². The van der Waals surface area contributed by atoms with Crippen LogP contribution in [0.1, 0.15) is 13.8 Å². The lowest BCUT2D eigenvalue weighted by Crippen LogP contribution is -2.37. The number of methoxy groups -OCH3 is 1. The minimum absolute atomic E-state index is 0.0171. The Morgan fingerprint density at radius 3 is 2.59 bits per heavy atom. The van der Waals surface area contributed by atoms with Gasteiger partial charge in [0.05, 0.1) is 37.9 Å². The van der Waals surface area contributed by atoms with E-state index >= 15 is 0 Å². The molecule has 5 heteroatoms. The summed E-state index contributed by atoms with van der Waals surface area (Å²) in [7, 11) is 1.61. The Hall–Kier alpha value is -0.670. The maximum absolute atomic E-state index is 9.75. The molecule has 100 valence electrons. The van der Waals surface area contributed by atoms with E-state index < -0.39 is 6.10 Å². The molecule has 0 spiro atoms. The van der Waals surface area contributed by atoms with E-state index in [0.29, 0.717) is 32.9 Å². The van der Waals surface area contributed by atoms with Gasteiger partial charge in [0.15, 0.2) is 0 Å². The average molecular weight is 244 g/mol. The zero-order valence-corrected chi connectivity index (χ0v) is 11.1. The summed E-state index contributed by atoms with van der Waals surface area (Å²) in [6.45, 7) is 7.27. The Kier molecular flexibility index (Phi) is 10.1. The van der Waals surface area contributed by atoms with E-state index in [1.54, 1.807) is 7.11 Å². The molecule has 0 aromatic heterocycles. The molecule has 0 aliphatic rings. The summed E-state index contributed by atoms with van der Waals surface area (Å²) < 4.78 is 10.1. The maximum atomic E-state index is 9.75. The molecule has 0 aromatic rings. The van der Waals surface area contributed by atoms with Crippen molar-refractivity contribution in [3.8, 4) is 6.07 Å². The van der Waals surface area contributed by atoms with E-state index in [9.17, 15) is 5.11 Å². The van der Waals surface area contributed by atoms with Gasteiger partial charge < -0.3 is 14.6 Å². The minimum atomic E-state index is -0.516. The molecular weight excluding hydrogens is 220 g/mol. The lowest BCUT2D eigenvalue weighted by atomic mass is 10.2. The molecule has 0 aliphatic carbocycles. The van der Waals surface area contributed by atoms with Crippen LogP contribution in [0.25, 0.3) is 0 Å². The third-order valence-corrected chi connectivity index (χ3v) is 2.41. The third kappa shape index (κ3) is 9.07. The van der Waals surface area contributed by atoms with Gasteiger partial charge >= 0.3 is 0 Å². The summed E-state index contributed by atoms with van der Waals surface area (Å²) in [6.07, 6.45) is -0.516. The van der Waals surface area contributed by atoms with E-state index in [2.05, 4.69) is 11.0 Å². The van der Waals surface area contributed by atoms with Crippen LogP contribution in [-0.2, 0) is 9.47 Å². The molecule has 0 saturated heterocycles. The molecule has 0 rings (SSSR count). The number of hydrogen-bond acceptors (Lipinski definition) is 5. The van der Waals surface area contributed by atoms with Gasteiger partial charge in [0.25, 0.3) is 0 Å². The van der Waals surface area contributed by atoms with E-state index in [0.717, 1.165) is 6.54 Å². The lowest BCUT2D eigenvalue weighted by molar-refractivity contribution is -0.000700. The molecule has 0 aromatic carbocycles. The highest BCUT2D eigenvalue weighted by molar-refractivity contribution is 4.81. The molecule has 0 radical (unpaired) electrons. The second-order valence-corrected chi connectivity index (χ2v) is 4.10. The van der Waals surface area contributed by atoms with Gasteiger partial charge in [-0.2, -0.15) is 5.26 Å². The fourth-order valence-corrected chi connectivity index (χ4v) is 1.47. The molecule has 17 heavy (non-hydrogen) atoms. The molecular formula is C12H24N2O3. The molecule has 0 fully saturated rings. The molecule has 0 aliphatic heterocycles. The first kappa shape index (κ1) is 16.3. The Morgan fingerprint density at radius 2 is 2.06 bits per heavy atom. The van der Waals surface area contributed by atoms with Crippen molar-refractivity contribution in [1.29, 1.82) is 5.26 Å². The number of aliphatic hydroxyl groups excluding tert-OH is 1. The van der Waals surface area contributed by atoms with E-state index in [1.165, 1.54) is 0 Å². The molecule has 0 heterocycles. The molecule has 0 saturated carbocycles. The topological polar surface area (TPSA) is 65.7 Å². The predicted octanol–water partition coefficient (Wildman–Crippen LogP) is 0.492. The number of nitriles is 1. The quantitative estimate of drug-likeness (QED) is 0.567. The van der Waals surface area contributed by atoms with Crippen molar-refractivity contribution >= 4 is 0 Å². The third-order valence-electron chi connectivity index (χ3n) is 2.41. The fourth-order valence-electron chi connectivity index (χ4n) is 1.47. The monoisotopic (exact) mass is 244 g/mol. The van der Waals surface area contributed by atoms with Crippen LogP contribution in [0.15, 0.2) is 0 Å². The molecule has 2 atom stereocenters. The van der Waals surface area contributed by atoms with Crippen molar-refractivity contribution in [2.45, 2.75) is 20.0 Å². The Morgan fingerprint density at radius 1 is 1.35 bits per heavy atom. The van der Waals surface area contributed by atoms with Crippen molar-refractivity contribution in [2.75, 3.05) is 46.6 Å². The number of aliphatic hydroxyl groups is 1. The van der Waals surface area contributed by atoms with E-state index in [4.69, 9.17) is 14.7 Å². The van der Waals surface area contributed by atoms with Gasteiger partial charge in [-0.3, -0.25) is 4.90 Å². The van der Waals surface area contributed by atoms with Gasteiger partial charge in [0.2, 0.25) is 0 Å². The van der Waals surface area contributed by atoms with Crippen molar-refractivity contribution in [2.24, 2.45) is 5.92 Å². The SMILES string of the molecule is CCN(CC(C)C#N)CC(O)COCCOC. The summed E-state index contributed by atoms with van der Waals surface area (Å²) in [5.74, 6) is -0.0171. The Bertz CT molecular complexity index is 218. The van der Waals surface area contributed by atoms with Gasteiger partial charge in [0.1, 0.15) is 0 Å². The molecule has 2 unspecified atom stereocenters. The van der Waals surface area contributed by atoms with Crippen molar-refractivity contribution in [3.63, 3.8) is 0 Å². The smallest absolute Gasteiger partial charge is 0.0900 e. The predicted molar refractivity (Wildman–Crippen MR) is 65.6 cm³/mol. The first-order valence-electron chi connectivity index (χ1n) is 6.00. The molecule has 5 nitrogen and oxygen atoms in total. The summed E-state index contributed by atoms with van der Waals surface area (Å²) in [5, 5.41) is 18.5. The highest BCUT2D eigenvalue weighted by atomic mass is 16.5. The first-order valence-corrected chi connectivity index (χ1v) is 6.00. The second-order valence-electron chi connectivity index (χ2n) is 4.10. The molecule has 1 N–H and O–H groups in total. The Balaban J connectivity index is 3.74. The van der Waals surface area contributed by atoms with Crippen LogP contribution < -0.4 is 0 Å². The lowest BCUT2D eigenvalue weighted by Gasteiger charge is -2.24. The van der Waals surface area contributed by atoms with Crippen molar-refractivity contribution < 1.29 is 14.6 Å². The fraction of sp³-hybridized carbons (Fsp3) is 0.917. The van der Waals surface area contributed by atoms with Crippen LogP contribution in [0.3, 0.4) is 0 Å². The standard InChI is InChI=1S/C12H24N2O3/c1-4-14(8-11(2)7-13)9-12(15)10-17-6-5-16-3/h11-12,15H,4-6,8-10H2,1-3H3. The summed E-state index contributed by atoms with van der Waals surface area (Å²) in [5.41, 5.74) is 0. The Labute approximate surface area is 104 Å². The number of likely N-dealkylation sites (N-methyl/N-ethyl adjacent to an activating group) is 1. The minimum Gasteiger partial charge on any atom is -0.389 e.